The lowest BCUT2D eigenvalue weighted by atomic mass is 9.56. The van der Waals surface area contributed by atoms with E-state index in [9.17, 15) is 42.3 Å². The number of amides is 4. The van der Waals surface area contributed by atoms with Crippen molar-refractivity contribution >= 4 is 58.5 Å². The molecule has 0 spiro atoms. The van der Waals surface area contributed by atoms with Crippen LogP contribution in [0.15, 0.2) is 23.8 Å². The number of nitrogens with zero attached hydrogens (tertiary/aromatic N) is 2. The normalized spacial score (nSPS) is 29.1. The molecule has 2 aromatic carbocycles. The average molecular weight is 733 g/mol. The summed E-state index contributed by atoms with van der Waals surface area (Å²) in [5.41, 5.74) is -1.84. The summed E-state index contributed by atoms with van der Waals surface area (Å²) < 4.78 is 83.6. The number of methoxy groups -OCH3 is 2. The molecular formula is C31H23Cl2F5N2O9. The number of aliphatic carboxylic acids is 1. The quantitative estimate of drug-likeness (QED) is 0.107. The van der Waals surface area contributed by atoms with Gasteiger partial charge in [-0.05, 0) is 36.5 Å². The molecule has 4 aliphatic rings. The highest BCUT2D eigenvalue weighted by Gasteiger charge is 2.77. The Morgan fingerprint density at radius 2 is 1.45 bits per heavy atom. The van der Waals surface area contributed by atoms with Crippen molar-refractivity contribution in [2.75, 3.05) is 25.7 Å². The van der Waals surface area contributed by atoms with E-state index in [1.54, 1.807) is 0 Å². The number of allylic oxidation sites excluding steroid dienone is 2. The van der Waals surface area contributed by atoms with Crippen LogP contribution >= 0.6 is 23.2 Å². The van der Waals surface area contributed by atoms with Gasteiger partial charge in [-0.1, -0.05) is 11.6 Å². The molecule has 49 heavy (non-hydrogen) atoms. The standard InChI is InChI=1S/C31H23Cl2F5N2O9/c1-48-14-7-10(8-15(49-2)25(14)43)18-11-3-4-12-17(27(45)39(26(12)44)6-5-16(41)42)13(11)9-30(32)28(46)40(29(47)31(18,30)33)24-22(37)20(35)19(34)21(36)23(24)38/h3,7-8,12-13,17-18,43H,4-6,9H2,1-2H3,(H,41,42). The number of phenols is 1. The summed E-state index contributed by atoms with van der Waals surface area (Å²) in [6.45, 7) is -0.477. The topological polar surface area (TPSA) is 151 Å². The van der Waals surface area contributed by atoms with E-state index in [1.807, 2.05) is 0 Å². The zero-order valence-electron chi connectivity index (χ0n) is 25.2. The second kappa shape index (κ2) is 11.6. The third kappa shape index (κ3) is 4.48. The number of likely N-dealkylation sites (tertiary alicyclic amines) is 1. The lowest BCUT2D eigenvalue weighted by molar-refractivity contribution is -0.142. The Balaban J connectivity index is 1.60. The summed E-state index contributed by atoms with van der Waals surface area (Å²) in [6, 6.07) is 2.36. The monoisotopic (exact) mass is 732 g/mol. The number of carboxylic acid groups (broad SMARTS) is 1. The van der Waals surface area contributed by atoms with Gasteiger partial charge >= 0.3 is 5.97 Å². The maximum atomic E-state index is 15.2. The largest absolute Gasteiger partial charge is 0.502 e. The third-order valence-corrected chi connectivity index (χ3v) is 11.1. The van der Waals surface area contributed by atoms with E-state index in [2.05, 4.69) is 0 Å². The Kier molecular flexibility index (Phi) is 8.13. The number of anilines is 1. The van der Waals surface area contributed by atoms with Gasteiger partial charge in [0.15, 0.2) is 44.5 Å². The molecule has 1 saturated carbocycles. The number of fused-ring (bicyclic) bond motifs is 4. The van der Waals surface area contributed by atoms with Crippen molar-refractivity contribution in [1.82, 2.24) is 4.90 Å². The average Bonchev–Trinajstić information content (AvgIpc) is 3.39. The van der Waals surface area contributed by atoms with Crippen molar-refractivity contribution in [3.63, 3.8) is 0 Å². The van der Waals surface area contributed by atoms with Crippen LogP contribution in [0.3, 0.4) is 0 Å². The molecule has 2 aliphatic carbocycles. The summed E-state index contributed by atoms with van der Waals surface area (Å²) in [5.74, 6) is -24.9. The molecule has 18 heteroatoms. The Morgan fingerprint density at radius 3 is 1.98 bits per heavy atom. The van der Waals surface area contributed by atoms with Crippen molar-refractivity contribution in [3.05, 3.63) is 58.4 Å². The fraction of sp³-hybridized carbons (Fsp3) is 0.387. The van der Waals surface area contributed by atoms with Gasteiger partial charge in [0, 0.05) is 12.5 Å². The maximum Gasteiger partial charge on any atom is 0.305 e. The molecule has 0 aromatic heterocycles. The molecule has 260 valence electrons. The number of benzene rings is 2. The first-order chi connectivity index (χ1) is 23.0. The number of hydrogen-bond acceptors (Lipinski definition) is 8. The molecule has 6 unspecified atom stereocenters. The Morgan fingerprint density at radius 1 is 0.898 bits per heavy atom. The van der Waals surface area contributed by atoms with E-state index in [1.165, 1.54) is 32.4 Å². The number of carbonyl (C=O) groups is 5. The summed E-state index contributed by atoms with van der Waals surface area (Å²) in [7, 11) is 2.33. The van der Waals surface area contributed by atoms with E-state index in [4.69, 9.17) is 37.8 Å². The minimum absolute atomic E-state index is 0.0548. The first-order valence-electron chi connectivity index (χ1n) is 14.5. The maximum absolute atomic E-state index is 15.2. The fourth-order valence-electron chi connectivity index (χ4n) is 7.51. The number of halogens is 7. The van der Waals surface area contributed by atoms with E-state index in [-0.39, 0.29) is 34.0 Å². The SMILES string of the molecule is COc1cc(C2C3=CCC4C(=O)N(CCC(=O)O)C(=O)C4C3CC3(Cl)C(=O)N(c4c(F)c(F)c(F)c(F)c4F)C(=O)C23Cl)cc(OC)c1O. The van der Waals surface area contributed by atoms with Gasteiger partial charge in [-0.3, -0.25) is 28.9 Å². The minimum atomic E-state index is -2.80. The van der Waals surface area contributed by atoms with Gasteiger partial charge in [-0.15, -0.1) is 23.2 Å². The second-order valence-corrected chi connectivity index (χ2v) is 13.2. The predicted octanol–water partition coefficient (Wildman–Crippen LogP) is 4.14. The highest BCUT2D eigenvalue weighted by molar-refractivity contribution is 6.58. The Hall–Kier alpha value is -4.44. The van der Waals surface area contributed by atoms with Crippen LogP contribution < -0.4 is 14.4 Å². The molecule has 2 saturated heterocycles. The molecule has 2 aliphatic heterocycles. The van der Waals surface area contributed by atoms with Crippen molar-refractivity contribution in [2.45, 2.75) is 34.9 Å². The van der Waals surface area contributed by atoms with Gasteiger partial charge < -0.3 is 19.7 Å². The van der Waals surface area contributed by atoms with Crippen LogP contribution in [0.25, 0.3) is 0 Å². The molecule has 2 aromatic rings. The zero-order valence-corrected chi connectivity index (χ0v) is 26.7. The second-order valence-electron chi connectivity index (χ2n) is 11.9. The summed E-state index contributed by atoms with van der Waals surface area (Å²) in [6.07, 6.45) is 0.00864. The van der Waals surface area contributed by atoms with E-state index >= 15 is 8.78 Å². The molecule has 3 fully saturated rings. The van der Waals surface area contributed by atoms with E-state index < -0.39 is 123 Å². The van der Waals surface area contributed by atoms with Gasteiger partial charge in [0.25, 0.3) is 11.8 Å². The number of aromatic hydroxyl groups is 1. The summed E-state index contributed by atoms with van der Waals surface area (Å²) >= 11 is 14.1. The van der Waals surface area contributed by atoms with Crippen LogP contribution in [0.1, 0.15) is 30.7 Å². The summed E-state index contributed by atoms with van der Waals surface area (Å²) in [4.78, 5) is 61.8. The summed E-state index contributed by atoms with van der Waals surface area (Å²) in [5, 5.41) is 19.8. The molecule has 2 heterocycles. The van der Waals surface area contributed by atoms with Gasteiger partial charge in [-0.2, -0.15) is 0 Å². The van der Waals surface area contributed by atoms with Gasteiger partial charge in [0.2, 0.25) is 23.4 Å². The third-order valence-electron chi connectivity index (χ3n) is 9.70. The predicted molar refractivity (Wildman–Crippen MR) is 157 cm³/mol. The van der Waals surface area contributed by atoms with Gasteiger partial charge in [0.1, 0.15) is 5.69 Å². The smallest absolute Gasteiger partial charge is 0.305 e. The molecule has 2 N–H and O–H groups in total. The molecule has 6 atom stereocenters. The van der Waals surface area contributed by atoms with Crippen molar-refractivity contribution < 1.29 is 65.6 Å². The number of imide groups is 2. The highest BCUT2D eigenvalue weighted by atomic mass is 35.5. The number of hydrogen-bond donors (Lipinski definition) is 2. The van der Waals surface area contributed by atoms with Crippen LogP contribution in [-0.2, 0) is 24.0 Å². The molecule has 0 bridgehead atoms. The lowest BCUT2D eigenvalue weighted by Crippen LogP contribution is -2.60. The molecular weight excluding hydrogens is 710 g/mol. The number of carboxylic acids is 1. The number of ether oxygens (including phenoxy) is 2. The first kappa shape index (κ1) is 34.4. The molecule has 0 radical (unpaired) electrons. The van der Waals surface area contributed by atoms with Crippen molar-refractivity contribution in [2.24, 2.45) is 17.8 Å². The zero-order chi connectivity index (χ0) is 36.1. The highest BCUT2D eigenvalue weighted by Crippen LogP contribution is 2.66. The number of phenolic OH excluding ortho intramolecular Hbond substituents is 1. The first-order valence-corrected chi connectivity index (χ1v) is 15.2. The Bertz CT molecular complexity index is 1870. The fourth-order valence-corrected chi connectivity index (χ4v) is 8.45. The van der Waals surface area contributed by atoms with Crippen molar-refractivity contribution in [1.29, 1.82) is 0 Å². The van der Waals surface area contributed by atoms with E-state index in [0.717, 1.165) is 4.90 Å². The lowest BCUT2D eigenvalue weighted by Gasteiger charge is -2.50. The van der Waals surface area contributed by atoms with Gasteiger partial charge in [0.05, 0.1) is 32.5 Å². The minimum Gasteiger partial charge on any atom is -0.502 e. The number of carbonyl (C=O) groups excluding carboxylic acids is 4. The van der Waals surface area contributed by atoms with E-state index in [0.29, 0.717) is 0 Å². The van der Waals surface area contributed by atoms with Crippen LogP contribution in [-0.4, -0.2) is 75.2 Å². The van der Waals surface area contributed by atoms with Crippen LogP contribution in [0.4, 0.5) is 27.6 Å². The van der Waals surface area contributed by atoms with Crippen LogP contribution in [0.2, 0.25) is 0 Å². The van der Waals surface area contributed by atoms with Crippen molar-refractivity contribution in [3.8, 4) is 17.2 Å². The molecule has 6 rings (SSSR count). The number of rotatable bonds is 7. The van der Waals surface area contributed by atoms with Gasteiger partial charge in [-0.25, -0.2) is 26.9 Å². The molecule has 11 nitrogen and oxygen atoms in total. The number of alkyl halides is 2. The Labute approximate surface area is 282 Å². The van der Waals surface area contributed by atoms with Crippen LogP contribution in [0, 0.1) is 46.8 Å². The van der Waals surface area contributed by atoms with Crippen LogP contribution in [0.5, 0.6) is 17.2 Å². The molecule has 4 amide bonds.